The van der Waals surface area contributed by atoms with E-state index in [9.17, 15) is 9.18 Å². The Bertz CT molecular complexity index is 454. The second kappa shape index (κ2) is 5.52. The van der Waals surface area contributed by atoms with E-state index < -0.39 is 11.8 Å². The molecule has 0 bridgehead atoms. The largest absolute Gasteiger partial charge is 0.466 e. The van der Waals surface area contributed by atoms with Gasteiger partial charge in [-0.1, -0.05) is 0 Å². The van der Waals surface area contributed by atoms with Crippen LogP contribution in [0.5, 0.6) is 0 Å². The van der Waals surface area contributed by atoms with Crippen molar-refractivity contribution in [2.45, 2.75) is 18.2 Å². The van der Waals surface area contributed by atoms with Crippen LogP contribution < -0.4 is 0 Å². The van der Waals surface area contributed by atoms with E-state index in [1.165, 1.54) is 6.07 Å². The highest BCUT2D eigenvalue weighted by molar-refractivity contribution is 7.80. The van der Waals surface area contributed by atoms with Crippen molar-refractivity contribution in [3.8, 4) is 6.07 Å². The first kappa shape index (κ1) is 12.5. The third kappa shape index (κ3) is 2.97. The van der Waals surface area contributed by atoms with Gasteiger partial charge in [0.25, 0.3) is 0 Å². The Kier molecular flexibility index (Phi) is 4.32. The van der Waals surface area contributed by atoms with Crippen molar-refractivity contribution in [3.05, 3.63) is 29.1 Å². The summed E-state index contributed by atoms with van der Waals surface area (Å²) in [6.45, 7) is 1.97. The number of carbonyl (C=O) groups is 1. The minimum absolute atomic E-state index is 0.0510. The lowest BCUT2D eigenvalue weighted by molar-refractivity contribution is -0.142. The molecule has 0 aromatic heterocycles. The van der Waals surface area contributed by atoms with Crippen LogP contribution in [0.3, 0.4) is 0 Å². The zero-order valence-corrected chi connectivity index (χ0v) is 9.55. The second-order valence-corrected chi connectivity index (χ2v) is 3.54. The van der Waals surface area contributed by atoms with Crippen LogP contribution in [0, 0.1) is 17.1 Å². The number of rotatable bonds is 3. The predicted molar refractivity (Wildman–Crippen MR) is 58.7 cm³/mol. The van der Waals surface area contributed by atoms with Gasteiger partial charge in [-0.15, -0.1) is 12.6 Å². The van der Waals surface area contributed by atoms with E-state index in [0.29, 0.717) is 5.56 Å². The lowest BCUT2D eigenvalue weighted by atomic mass is 10.1. The van der Waals surface area contributed by atoms with E-state index in [0.717, 1.165) is 6.07 Å². The molecule has 0 atom stereocenters. The SMILES string of the molecule is CCOC(=O)Cc1cc(S)c(F)cc1C#N. The van der Waals surface area contributed by atoms with Gasteiger partial charge in [0.2, 0.25) is 0 Å². The number of benzene rings is 1. The van der Waals surface area contributed by atoms with Gasteiger partial charge < -0.3 is 4.74 Å². The number of ether oxygens (including phenoxy) is 1. The number of hydrogen-bond acceptors (Lipinski definition) is 4. The fourth-order valence-electron chi connectivity index (χ4n) is 1.22. The molecule has 1 aromatic carbocycles. The zero-order valence-electron chi connectivity index (χ0n) is 8.66. The molecule has 16 heavy (non-hydrogen) atoms. The number of nitriles is 1. The van der Waals surface area contributed by atoms with Gasteiger partial charge in [-0.05, 0) is 24.6 Å². The third-order valence-electron chi connectivity index (χ3n) is 1.93. The third-order valence-corrected chi connectivity index (χ3v) is 2.28. The average molecular weight is 239 g/mol. The second-order valence-electron chi connectivity index (χ2n) is 3.05. The van der Waals surface area contributed by atoms with Crippen molar-refractivity contribution < 1.29 is 13.9 Å². The van der Waals surface area contributed by atoms with Gasteiger partial charge in [-0.2, -0.15) is 5.26 Å². The van der Waals surface area contributed by atoms with E-state index in [-0.39, 0.29) is 23.5 Å². The van der Waals surface area contributed by atoms with Crippen LogP contribution in [0.15, 0.2) is 17.0 Å². The average Bonchev–Trinajstić information content (AvgIpc) is 2.23. The first-order valence-electron chi connectivity index (χ1n) is 4.65. The van der Waals surface area contributed by atoms with Gasteiger partial charge in [-0.25, -0.2) is 4.39 Å². The summed E-state index contributed by atoms with van der Waals surface area (Å²) in [5.41, 5.74) is 0.552. The summed E-state index contributed by atoms with van der Waals surface area (Å²) in [7, 11) is 0. The summed E-state index contributed by atoms with van der Waals surface area (Å²) >= 11 is 3.89. The highest BCUT2D eigenvalue weighted by atomic mass is 32.1. The molecule has 84 valence electrons. The molecule has 0 heterocycles. The van der Waals surface area contributed by atoms with Gasteiger partial charge in [-0.3, -0.25) is 4.79 Å². The predicted octanol–water partition coefficient (Wildman–Crippen LogP) is 2.09. The molecule has 0 saturated carbocycles. The molecule has 1 rings (SSSR count). The molecule has 0 fully saturated rings. The van der Waals surface area contributed by atoms with Crippen LogP contribution >= 0.6 is 12.6 Å². The van der Waals surface area contributed by atoms with E-state index in [1.807, 2.05) is 6.07 Å². The Morgan fingerprint density at radius 1 is 1.62 bits per heavy atom. The van der Waals surface area contributed by atoms with Crippen molar-refractivity contribution in [2.75, 3.05) is 6.61 Å². The summed E-state index contributed by atoms with van der Waals surface area (Å²) in [5.74, 6) is -1.02. The number of hydrogen-bond donors (Lipinski definition) is 1. The molecule has 0 spiro atoms. The molecule has 0 N–H and O–H groups in total. The van der Waals surface area contributed by atoms with Gasteiger partial charge in [0, 0.05) is 4.90 Å². The Balaban J connectivity index is 3.00. The van der Waals surface area contributed by atoms with Crippen molar-refractivity contribution in [1.29, 1.82) is 5.26 Å². The maximum Gasteiger partial charge on any atom is 0.310 e. The number of thiol groups is 1. The summed E-state index contributed by atoms with van der Waals surface area (Å²) < 4.78 is 17.8. The number of carbonyl (C=O) groups excluding carboxylic acids is 1. The number of halogens is 1. The highest BCUT2D eigenvalue weighted by Gasteiger charge is 2.11. The normalized spacial score (nSPS) is 9.62. The number of nitrogens with zero attached hydrogens (tertiary/aromatic N) is 1. The van der Waals surface area contributed by atoms with Crippen LogP contribution in [0.4, 0.5) is 4.39 Å². The van der Waals surface area contributed by atoms with Crippen molar-refractivity contribution in [1.82, 2.24) is 0 Å². The van der Waals surface area contributed by atoms with Crippen molar-refractivity contribution >= 4 is 18.6 Å². The standard InChI is InChI=1S/C11H10FNO2S/c1-2-15-11(14)5-7-4-10(16)9(12)3-8(7)6-13/h3-4,16H,2,5H2,1H3. The summed E-state index contributed by atoms with van der Waals surface area (Å²) in [6, 6.07) is 4.26. The zero-order chi connectivity index (χ0) is 12.1. The van der Waals surface area contributed by atoms with E-state index in [4.69, 9.17) is 10.00 Å². The fourth-order valence-corrected chi connectivity index (χ4v) is 1.44. The molecule has 0 radical (unpaired) electrons. The van der Waals surface area contributed by atoms with Crippen LogP contribution in [0.25, 0.3) is 0 Å². The maximum atomic E-state index is 13.1. The Hall–Kier alpha value is -1.54. The first-order chi connectivity index (χ1) is 7.58. The van der Waals surface area contributed by atoms with Crippen LogP contribution in [0.2, 0.25) is 0 Å². The molecule has 0 aliphatic rings. The van der Waals surface area contributed by atoms with Crippen LogP contribution in [0.1, 0.15) is 18.1 Å². The minimum Gasteiger partial charge on any atom is -0.466 e. The minimum atomic E-state index is -0.576. The molecule has 0 saturated heterocycles. The summed E-state index contributed by atoms with van der Waals surface area (Å²) in [6.07, 6.45) is -0.0510. The quantitative estimate of drug-likeness (QED) is 0.649. The van der Waals surface area contributed by atoms with E-state index >= 15 is 0 Å². The molecule has 0 aliphatic carbocycles. The Morgan fingerprint density at radius 2 is 2.31 bits per heavy atom. The van der Waals surface area contributed by atoms with Crippen LogP contribution in [-0.2, 0) is 16.0 Å². The van der Waals surface area contributed by atoms with Gasteiger partial charge in [0.15, 0.2) is 0 Å². The molecule has 0 aliphatic heterocycles. The summed E-state index contributed by atoms with van der Waals surface area (Å²) in [4.78, 5) is 11.3. The van der Waals surface area contributed by atoms with E-state index in [2.05, 4.69) is 12.6 Å². The van der Waals surface area contributed by atoms with Crippen LogP contribution in [-0.4, -0.2) is 12.6 Å². The molecule has 1 aromatic rings. The molecular formula is C11H10FNO2S. The first-order valence-corrected chi connectivity index (χ1v) is 5.10. The molecule has 0 amide bonds. The lowest BCUT2D eigenvalue weighted by Crippen LogP contribution is -2.09. The van der Waals surface area contributed by atoms with E-state index in [1.54, 1.807) is 6.92 Å². The highest BCUT2D eigenvalue weighted by Crippen LogP contribution is 2.19. The molecule has 5 heteroatoms. The molecular weight excluding hydrogens is 229 g/mol. The lowest BCUT2D eigenvalue weighted by Gasteiger charge is -2.05. The van der Waals surface area contributed by atoms with Gasteiger partial charge in [0.05, 0.1) is 24.7 Å². The van der Waals surface area contributed by atoms with Gasteiger partial charge in [0.1, 0.15) is 5.82 Å². The fraction of sp³-hybridized carbons (Fsp3) is 0.273. The Labute approximate surface area is 98.2 Å². The Morgan fingerprint density at radius 3 is 2.88 bits per heavy atom. The number of esters is 1. The van der Waals surface area contributed by atoms with Crippen molar-refractivity contribution in [3.63, 3.8) is 0 Å². The monoisotopic (exact) mass is 239 g/mol. The van der Waals surface area contributed by atoms with Gasteiger partial charge >= 0.3 is 5.97 Å². The maximum absolute atomic E-state index is 13.1. The molecule has 3 nitrogen and oxygen atoms in total. The smallest absolute Gasteiger partial charge is 0.310 e. The molecule has 0 unspecified atom stereocenters. The summed E-state index contributed by atoms with van der Waals surface area (Å²) in [5, 5.41) is 8.78. The van der Waals surface area contributed by atoms with Crippen molar-refractivity contribution in [2.24, 2.45) is 0 Å². The topological polar surface area (TPSA) is 50.1 Å².